The van der Waals surface area contributed by atoms with Crippen molar-refractivity contribution in [3.05, 3.63) is 16.1 Å². The molecule has 0 fully saturated rings. The smallest absolute Gasteiger partial charge is 0.321 e. The van der Waals surface area contributed by atoms with E-state index in [4.69, 9.17) is 10.8 Å². The van der Waals surface area contributed by atoms with Crippen LogP contribution in [0.25, 0.3) is 0 Å². The van der Waals surface area contributed by atoms with Crippen molar-refractivity contribution >= 4 is 29.1 Å². The summed E-state index contributed by atoms with van der Waals surface area (Å²) in [5.74, 6) is 0.275. The van der Waals surface area contributed by atoms with E-state index in [0.29, 0.717) is 5.75 Å². The molecule has 1 aromatic heterocycles. The molecule has 0 radical (unpaired) electrons. The van der Waals surface area contributed by atoms with Crippen LogP contribution >= 0.6 is 23.1 Å². The Morgan fingerprint density at radius 1 is 1.86 bits per heavy atom. The molecule has 0 saturated carbocycles. The Hall–Kier alpha value is -0.590. The van der Waals surface area contributed by atoms with Crippen LogP contribution in [0.15, 0.2) is 6.20 Å². The lowest BCUT2D eigenvalue weighted by Crippen LogP contribution is -2.32. The summed E-state index contributed by atoms with van der Waals surface area (Å²) in [6.07, 6.45) is 1.82. The lowest BCUT2D eigenvalue weighted by Gasteiger charge is -2.03. The number of aryl methyl sites for hydroxylation is 1. The first-order valence-electron chi connectivity index (χ1n) is 4.07. The monoisotopic (exact) mass is 232 g/mol. The summed E-state index contributed by atoms with van der Waals surface area (Å²) in [5.41, 5.74) is 5.35. The molecule has 0 aromatic carbocycles. The van der Waals surface area contributed by atoms with Gasteiger partial charge < -0.3 is 10.8 Å². The number of thioether (sulfide) groups is 1. The molecular formula is C8H12N2O2S2. The minimum atomic E-state index is -0.946. The standard InChI is InChI=1S/C8H12N2O2S2/c1-5-10-2-6(14-5)3-13-4-7(9)8(11)12/h2,7H,3-4,9H2,1H3,(H,11,12)/t7-/m0/s1. The summed E-state index contributed by atoms with van der Waals surface area (Å²) in [6.45, 7) is 1.95. The Kier molecular flexibility index (Phi) is 4.37. The van der Waals surface area contributed by atoms with Crippen LogP contribution in [0.5, 0.6) is 0 Å². The number of nitrogens with zero attached hydrogens (tertiary/aromatic N) is 1. The lowest BCUT2D eigenvalue weighted by molar-refractivity contribution is -0.137. The molecule has 0 aliphatic carbocycles. The lowest BCUT2D eigenvalue weighted by atomic mass is 10.4. The number of rotatable bonds is 5. The molecule has 1 rings (SSSR count). The number of aromatic nitrogens is 1. The maximum Gasteiger partial charge on any atom is 0.321 e. The van der Waals surface area contributed by atoms with Crippen LogP contribution in [0.2, 0.25) is 0 Å². The number of thiazole rings is 1. The zero-order chi connectivity index (χ0) is 10.6. The van der Waals surface area contributed by atoms with Gasteiger partial charge in [0.15, 0.2) is 0 Å². The molecular weight excluding hydrogens is 220 g/mol. The van der Waals surface area contributed by atoms with Crippen molar-refractivity contribution in [2.45, 2.75) is 18.7 Å². The van der Waals surface area contributed by atoms with Gasteiger partial charge in [-0.15, -0.1) is 11.3 Å². The van der Waals surface area contributed by atoms with Gasteiger partial charge in [0.05, 0.1) is 5.01 Å². The van der Waals surface area contributed by atoms with Gasteiger partial charge in [-0.25, -0.2) is 4.98 Å². The molecule has 1 atom stereocenters. The van der Waals surface area contributed by atoms with E-state index in [1.165, 1.54) is 11.8 Å². The minimum absolute atomic E-state index is 0.437. The van der Waals surface area contributed by atoms with Crippen molar-refractivity contribution in [1.29, 1.82) is 0 Å². The molecule has 0 bridgehead atoms. The zero-order valence-electron chi connectivity index (χ0n) is 7.77. The maximum atomic E-state index is 10.4. The van der Waals surface area contributed by atoms with E-state index < -0.39 is 12.0 Å². The fourth-order valence-corrected chi connectivity index (χ4v) is 2.70. The molecule has 0 unspecified atom stereocenters. The van der Waals surface area contributed by atoms with Crippen molar-refractivity contribution in [2.24, 2.45) is 5.73 Å². The normalized spacial score (nSPS) is 12.7. The Labute approximate surface area is 90.5 Å². The van der Waals surface area contributed by atoms with Crippen molar-refractivity contribution in [1.82, 2.24) is 4.98 Å². The topological polar surface area (TPSA) is 76.2 Å². The van der Waals surface area contributed by atoms with Crippen LogP contribution in [-0.2, 0) is 10.5 Å². The van der Waals surface area contributed by atoms with Gasteiger partial charge in [-0.3, -0.25) is 4.79 Å². The largest absolute Gasteiger partial charge is 0.480 e. The van der Waals surface area contributed by atoms with E-state index >= 15 is 0 Å². The molecule has 0 aliphatic heterocycles. The summed E-state index contributed by atoms with van der Waals surface area (Å²) < 4.78 is 0. The highest BCUT2D eigenvalue weighted by atomic mass is 32.2. The number of carboxylic acid groups (broad SMARTS) is 1. The summed E-state index contributed by atoms with van der Waals surface area (Å²) in [5, 5.41) is 9.57. The SMILES string of the molecule is Cc1ncc(CSC[C@H](N)C(=O)O)s1. The maximum absolute atomic E-state index is 10.4. The average Bonchev–Trinajstić information content (AvgIpc) is 2.51. The third-order valence-corrected chi connectivity index (χ3v) is 3.73. The molecule has 14 heavy (non-hydrogen) atoms. The molecule has 0 spiro atoms. The first-order chi connectivity index (χ1) is 6.59. The molecule has 1 aromatic rings. The molecule has 6 heteroatoms. The van der Waals surface area contributed by atoms with Crippen molar-refractivity contribution in [3.63, 3.8) is 0 Å². The summed E-state index contributed by atoms with van der Waals surface area (Å²) in [7, 11) is 0. The van der Waals surface area contributed by atoms with E-state index in [-0.39, 0.29) is 0 Å². The fourth-order valence-electron chi connectivity index (χ4n) is 0.830. The average molecular weight is 232 g/mol. The molecule has 0 aliphatic rings. The van der Waals surface area contributed by atoms with Gasteiger partial charge in [0.25, 0.3) is 0 Å². The van der Waals surface area contributed by atoms with Crippen molar-refractivity contribution in [3.8, 4) is 0 Å². The Morgan fingerprint density at radius 3 is 3.07 bits per heavy atom. The molecule has 78 valence electrons. The summed E-state index contributed by atoms with van der Waals surface area (Å²) in [6, 6.07) is -0.769. The second-order valence-corrected chi connectivity index (χ2v) is 5.16. The van der Waals surface area contributed by atoms with Gasteiger partial charge >= 0.3 is 5.97 Å². The highest BCUT2D eigenvalue weighted by Gasteiger charge is 2.11. The molecule has 3 N–H and O–H groups in total. The van der Waals surface area contributed by atoms with E-state index in [2.05, 4.69) is 4.98 Å². The second-order valence-electron chi connectivity index (χ2n) is 2.81. The minimum Gasteiger partial charge on any atom is -0.480 e. The van der Waals surface area contributed by atoms with Gasteiger partial charge in [0.2, 0.25) is 0 Å². The van der Waals surface area contributed by atoms with Crippen LogP contribution in [0.1, 0.15) is 9.88 Å². The van der Waals surface area contributed by atoms with Gasteiger partial charge in [-0.1, -0.05) is 0 Å². The predicted molar refractivity (Wildman–Crippen MR) is 58.6 cm³/mol. The van der Waals surface area contributed by atoms with Crippen LogP contribution in [0, 0.1) is 6.92 Å². The highest BCUT2D eigenvalue weighted by molar-refractivity contribution is 7.98. The van der Waals surface area contributed by atoms with E-state index in [9.17, 15) is 4.79 Å². The van der Waals surface area contributed by atoms with Gasteiger partial charge in [-0.05, 0) is 6.92 Å². The van der Waals surface area contributed by atoms with Crippen LogP contribution in [-0.4, -0.2) is 27.9 Å². The van der Waals surface area contributed by atoms with Crippen LogP contribution in [0.3, 0.4) is 0 Å². The van der Waals surface area contributed by atoms with Crippen molar-refractivity contribution < 1.29 is 9.90 Å². The fraction of sp³-hybridized carbons (Fsp3) is 0.500. The third-order valence-electron chi connectivity index (χ3n) is 1.53. The molecule has 0 saturated heterocycles. The number of aliphatic carboxylic acids is 1. The first-order valence-corrected chi connectivity index (χ1v) is 6.04. The predicted octanol–water partition coefficient (Wildman–Crippen LogP) is 1.10. The number of carboxylic acids is 1. The quantitative estimate of drug-likeness (QED) is 0.795. The first kappa shape index (κ1) is 11.5. The molecule has 4 nitrogen and oxygen atoms in total. The Balaban J connectivity index is 2.25. The van der Waals surface area contributed by atoms with E-state index in [0.717, 1.165) is 15.6 Å². The summed E-state index contributed by atoms with van der Waals surface area (Å²) in [4.78, 5) is 15.7. The van der Waals surface area contributed by atoms with Crippen LogP contribution in [0.4, 0.5) is 0 Å². The number of hydrogen-bond acceptors (Lipinski definition) is 5. The zero-order valence-corrected chi connectivity index (χ0v) is 9.40. The number of nitrogens with two attached hydrogens (primary N) is 1. The Bertz CT molecular complexity index is 314. The van der Waals surface area contributed by atoms with Gasteiger partial charge in [0.1, 0.15) is 6.04 Å². The van der Waals surface area contributed by atoms with E-state index in [1.54, 1.807) is 11.3 Å². The van der Waals surface area contributed by atoms with Crippen LogP contribution < -0.4 is 5.73 Å². The second kappa shape index (κ2) is 5.33. The van der Waals surface area contributed by atoms with Crippen molar-refractivity contribution in [2.75, 3.05) is 5.75 Å². The molecule has 1 heterocycles. The van der Waals surface area contributed by atoms with Gasteiger partial charge in [0, 0.05) is 22.6 Å². The molecule has 0 amide bonds. The Morgan fingerprint density at radius 2 is 2.57 bits per heavy atom. The van der Waals surface area contributed by atoms with E-state index in [1.807, 2.05) is 13.1 Å². The summed E-state index contributed by atoms with van der Waals surface area (Å²) >= 11 is 3.15. The number of carbonyl (C=O) groups is 1. The number of hydrogen-bond donors (Lipinski definition) is 2. The third kappa shape index (κ3) is 3.65. The van der Waals surface area contributed by atoms with Gasteiger partial charge in [-0.2, -0.15) is 11.8 Å². The highest BCUT2D eigenvalue weighted by Crippen LogP contribution is 2.18.